The predicted molar refractivity (Wildman–Crippen MR) is 71.8 cm³/mol. The Morgan fingerprint density at radius 1 is 1.26 bits per heavy atom. The highest BCUT2D eigenvalue weighted by Gasteiger charge is 2.08. The second-order valence-electron chi connectivity index (χ2n) is 4.22. The molecular weight excluding hydrogens is 241 g/mol. The SMILES string of the molecule is CCc1cccc(N(C#N)Cc2cncc(F)c2)c1. The van der Waals surface area contributed by atoms with Crippen LogP contribution in [0.2, 0.25) is 0 Å². The van der Waals surface area contributed by atoms with Crippen LogP contribution in [0.5, 0.6) is 0 Å². The van der Waals surface area contributed by atoms with Crippen molar-refractivity contribution in [1.29, 1.82) is 5.26 Å². The van der Waals surface area contributed by atoms with Crippen molar-refractivity contribution >= 4 is 5.69 Å². The zero-order chi connectivity index (χ0) is 13.7. The van der Waals surface area contributed by atoms with E-state index in [4.69, 9.17) is 0 Å². The average Bonchev–Trinajstić information content (AvgIpc) is 2.45. The van der Waals surface area contributed by atoms with Gasteiger partial charge in [-0.2, -0.15) is 5.26 Å². The summed E-state index contributed by atoms with van der Waals surface area (Å²) < 4.78 is 13.1. The third-order valence-electron chi connectivity index (χ3n) is 2.85. The molecule has 0 fully saturated rings. The van der Waals surface area contributed by atoms with Gasteiger partial charge < -0.3 is 0 Å². The van der Waals surface area contributed by atoms with Gasteiger partial charge in [-0.3, -0.25) is 9.88 Å². The van der Waals surface area contributed by atoms with E-state index < -0.39 is 5.82 Å². The van der Waals surface area contributed by atoms with Crippen molar-refractivity contribution in [2.24, 2.45) is 0 Å². The van der Waals surface area contributed by atoms with Crippen molar-refractivity contribution in [2.45, 2.75) is 19.9 Å². The van der Waals surface area contributed by atoms with Gasteiger partial charge in [0.05, 0.1) is 18.4 Å². The van der Waals surface area contributed by atoms with E-state index in [0.29, 0.717) is 12.1 Å². The highest BCUT2D eigenvalue weighted by molar-refractivity contribution is 5.52. The summed E-state index contributed by atoms with van der Waals surface area (Å²) in [6, 6.07) is 9.16. The largest absolute Gasteiger partial charge is 0.275 e. The first-order valence-corrected chi connectivity index (χ1v) is 6.08. The Morgan fingerprint density at radius 3 is 2.79 bits per heavy atom. The molecule has 0 spiro atoms. The summed E-state index contributed by atoms with van der Waals surface area (Å²) in [6.07, 6.45) is 5.75. The number of anilines is 1. The van der Waals surface area contributed by atoms with Crippen molar-refractivity contribution in [2.75, 3.05) is 4.90 Å². The standard InChI is InChI=1S/C15H14FN3/c1-2-12-4-3-5-15(7-12)19(11-17)10-13-6-14(16)9-18-8-13/h3-9H,2,10H2,1H3. The van der Waals surface area contributed by atoms with Gasteiger partial charge in [0.15, 0.2) is 6.19 Å². The predicted octanol–water partition coefficient (Wildman–Crippen LogP) is 3.27. The van der Waals surface area contributed by atoms with E-state index in [1.165, 1.54) is 11.0 Å². The molecule has 1 aromatic heterocycles. The smallest absolute Gasteiger partial charge is 0.184 e. The molecule has 1 heterocycles. The minimum atomic E-state index is -0.391. The molecule has 96 valence electrons. The summed E-state index contributed by atoms with van der Waals surface area (Å²) in [5.74, 6) is -0.391. The Balaban J connectivity index is 2.23. The number of hydrogen-bond donors (Lipinski definition) is 0. The minimum Gasteiger partial charge on any atom is -0.275 e. The van der Waals surface area contributed by atoms with E-state index >= 15 is 0 Å². The van der Waals surface area contributed by atoms with Crippen LogP contribution in [0.4, 0.5) is 10.1 Å². The summed E-state index contributed by atoms with van der Waals surface area (Å²) in [5, 5.41) is 9.24. The molecule has 0 amide bonds. The van der Waals surface area contributed by atoms with Crippen LogP contribution in [0.3, 0.4) is 0 Å². The van der Waals surface area contributed by atoms with E-state index in [1.54, 1.807) is 6.20 Å². The van der Waals surface area contributed by atoms with Gasteiger partial charge in [-0.15, -0.1) is 0 Å². The van der Waals surface area contributed by atoms with Crippen molar-refractivity contribution in [1.82, 2.24) is 4.98 Å². The molecule has 0 aliphatic rings. The van der Waals surface area contributed by atoms with Gasteiger partial charge in [0.2, 0.25) is 0 Å². The molecule has 0 unspecified atom stereocenters. The summed E-state index contributed by atoms with van der Waals surface area (Å²) in [4.78, 5) is 5.31. The molecule has 0 bridgehead atoms. The van der Waals surface area contributed by atoms with Crippen LogP contribution in [0.15, 0.2) is 42.7 Å². The lowest BCUT2D eigenvalue weighted by Gasteiger charge is -2.16. The molecule has 0 N–H and O–H groups in total. The molecule has 2 rings (SSSR count). The molecular formula is C15H14FN3. The van der Waals surface area contributed by atoms with Crippen LogP contribution in [0, 0.1) is 17.3 Å². The lowest BCUT2D eigenvalue weighted by atomic mass is 10.1. The van der Waals surface area contributed by atoms with Crippen LogP contribution in [-0.4, -0.2) is 4.98 Å². The third kappa shape index (κ3) is 3.29. The Bertz CT molecular complexity index is 604. The molecule has 0 atom stereocenters. The summed E-state index contributed by atoms with van der Waals surface area (Å²) >= 11 is 0. The molecule has 0 aliphatic carbocycles. The number of hydrogen-bond acceptors (Lipinski definition) is 3. The number of nitrogens with zero attached hydrogens (tertiary/aromatic N) is 3. The number of aryl methyl sites for hydroxylation is 1. The lowest BCUT2D eigenvalue weighted by molar-refractivity contribution is 0.618. The topological polar surface area (TPSA) is 39.9 Å². The average molecular weight is 255 g/mol. The second-order valence-corrected chi connectivity index (χ2v) is 4.22. The van der Waals surface area contributed by atoms with Gasteiger partial charge >= 0.3 is 0 Å². The lowest BCUT2D eigenvalue weighted by Crippen LogP contribution is -2.16. The van der Waals surface area contributed by atoms with Gasteiger partial charge in [0.25, 0.3) is 0 Å². The quantitative estimate of drug-likeness (QED) is 0.621. The summed E-state index contributed by atoms with van der Waals surface area (Å²) in [6.45, 7) is 2.38. The molecule has 19 heavy (non-hydrogen) atoms. The van der Waals surface area contributed by atoms with Crippen LogP contribution in [0.1, 0.15) is 18.1 Å². The van der Waals surface area contributed by atoms with Gasteiger partial charge in [-0.05, 0) is 35.7 Å². The zero-order valence-electron chi connectivity index (χ0n) is 10.7. The van der Waals surface area contributed by atoms with Crippen LogP contribution in [-0.2, 0) is 13.0 Å². The van der Waals surface area contributed by atoms with Crippen LogP contribution < -0.4 is 4.90 Å². The van der Waals surface area contributed by atoms with Gasteiger partial charge in [-0.25, -0.2) is 4.39 Å². The fourth-order valence-electron chi connectivity index (χ4n) is 1.85. The van der Waals surface area contributed by atoms with Crippen molar-refractivity contribution in [3.63, 3.8) is 0 Å². The highest BCUT2D eigenvalue weighted by atomic mass is 19.1. The first kappa shape index (κ1) is 13.0. The van der Waals surface area contributed by atoms with Gasteiger partial charge in [-0.1, -0.05) is 19.1 Å². The molecule has 0 saturated heterocycles. The van der Waals surface area contributed by atoms with E-state index in [-0.39, 0.29) is 0 Å². The maximum absolute atomic E-state index is 13.1. The molecule has 3 nitrogen and oxygen atoms in total. The number of rotatable bonds is 4. The number of benzene rings is 1. The number of halogens is 1. The normalized spacial score (nSPS) is 9.95. The van der Waals surface area contributed by atoms with Crippen molar-refractivity contribution < 1.29 is 4.39 Å². The van der Waals surface area contributed by atoms with E-state index in [0.717, 1.165) is 23.9 Å². The molecule has 4 heteroatoms. The minimum absolute atomic E-state index is 0.314. The Hall–Kier alpha value is -2.41. The van der Waals surface area contributed by atoms with Gasteiger partial charge in [0.1, 0.15) is 5.82 Å². The number of aromatic nitrogens is 1. The molecule has 2 aromatic rings. The molecule has 1 aromatic carbocycles. The van der Waals surface area contributed by atoms with Crippen molar-refractivity contribution in [3.05, 3.63) is 59.7 Å². The van der Waals surface area contributed by atoms with Crippen LogP contribution >= 0.6 is 0 Å². The maximum atomic E-state index is 13.1. The van der Waals surface area contributed by atoms with E-state index in [1.807, 2.05) is 24.3 Å². The third-order valence-corrected chi connectivity index (χ3v) is 2.85. The molecule has 0 saturated carbocycles. The molecule has 0 radical (unpaired) electrons. The fourth-order valence-corrected chi connectivity index (χ4v) is 1.85. The monoisotopic (exact) mass is 255 g/mol. The summed E-state index contributed by atoms with van der Waals surface area (Å²) in [5.41, 5.74) is 2.64. The first-order chi connectivity index (χ1) is 9.22. The van der Waals surface area contributed by atoms with Crippen LogP contribution in [0.25, 0.3) is 0 Å². The van der Waals surface area contributed by atoms with E-state index in [9.17, 15) is 9.65 Å². The number of pyridine rings is 1. The number of nitriles is 1. The Morgan fingerprint density at radius 2 is 2.11 bits per heavy atom. The first-order valence-electron chi connectivity index (χ1n) is 6.08. The second kappa shape index (κ2) is 5.96. The Kier molecular flexibility index (Phi) is 4.09. The highest BCUT2D eigenvalue weighted by Crippen LogP contribution is 2.18. The summed E-state index contributed by atoms with van der Waals surface area (Å²) in [7, 11) is 0. The Labute approximate surface area is 111 Å². The van der Waals surface area contributed by atoms with Crippen molar-refractivity contribution in [3.8, 4) is 6.19 Å². The fraction of sp³-hybridized carbons (Fsp3) is 0.200. The zero-order valence-corrected chi connectivity index (χ0v) is 10.7. The van der Waals surface area contributed by atoms with Gasteiger partial charge in [0, 0.05) is 6.20 Å². The maximum Gasteiger partial charge on any atom is 0.184 e. The van der Waals surface area contributed by atoms with E-state index in [2.05, 4.69) is 18.1 Å². The molecule has 0 aliphatic heterocycles.